The van der Waals surface area contributed by atoms with Crippen molar-refractivity contribution in [2.45, 2.75) is 83.7 Å². The standard InChI is InChI=1S/C25H41N3O2/c1-18(2)16-28(22-8-6-5-7-9-22)24-11-10-20(19(3)14-25(29)30)15-23(24)26-21-12-13-27(4)17-21/h10-11,15,18-19,21-22,26H,5-9,12-14,16-17H2,1-4H3,(H,29,30). The van der Waals surface area contributed by atoms with E-state index in [-0.39, 0.29) is 12.3 Å². The Balaban J connectivity index is 1.93. The maximum absolute atomic E-state index is 11.3. The van der Waals surface area contributed by atoms with Crippen molar-refractivity contribution in [3.05, 3.63) is 23.8 Å². The van der Waals surface area contributed by atoms with Gasteiger partial charge in [0.25, 0.3) is 0 Å². The van der Waals surface area contributed by atoms with E-state index >= 15 is 0 Å². The minimum atomic E-state index is -0.734. The Kier molecular flexibility index (Phi) is 8.04. The third-order valence-corrected chi connectivity index (χ3v) is 6.71. The Morgan fingerprint density at radius 1 is 1.20 bits per heavy atom. The van der Waals surface area contributed by atoms with E-state index in [1.807, 2.05) is 6.92 Å². The highest BCUT2D eigenvalue weighted by Crippen LogP contribution is 2.36. The highest BCUT2D eigenvalue weighted by Gasteiger charge is 2.27. The van der Waals surface area contributed by atoms with Crippen molar-refractivity contribution in [1.82, 2.24) is 4.90 Å². The molecule has 2 atom stereocenters. The molecule has 5 heteroatoms. The fourth-order valence-corrected chi connectivity index (χ4v) is 5.11. The maximum Gasteiger partial charge on any atom is 0.303 e. The molecule has 5 nitrogen and oxygen atoms in total. The van der Waals surface area contributed by atoms with Crippen LogP contribution in [0.15, 0.2) is 18.2 Å². The lowest BCUT2D eigenvalue weighted by Crippen LogP contribution is -2.40. The van der Waals surface area contributed by atoms with Gasteiger partial charge in [0.15, 0.2) is 0 Å². The number of anilines is 2. The molecular formula is C25H41N3O2. The van der Waals surface area contributed by atoms with Gasteiger partial charge in [-0.05, 0) is 62.4 Å². The van der Waals surface area contributed by atoms with Gasteiger partial charge >= 0.3 is 5.97 Å². The highest BCUT2D eigenvalue weighted by atomic mass is 16.4. The largest absolute Gasteiger partial charge is 0.481 e. The molecule has 1 aliphatic carbocycles. The van der Waals surface area contributed by atoms with Crippen LogP contribution < -0.4 is 10.2 Å². The number of likely N-dealkylation sites (tertiary alicyclic amines) is 1. The van der Waals surface area contributed by atoms with E-state index in [0.717, 1.165) is 31.6 Å². The van der Waals surface area contributed by atoms with E-state index in [9.17, 15) is 9.90 Å². The van der Waals surface area contributed by atoms with Crippen molar-refractivity contribution in [2.24, 2.45) is 5.92 Å². The molecule has 0 aromatic heterocycles. The summed E-state index contributed by atoms with van der Waals surface area (Å²) in [5.74, 6) is -0.123. The second kappa shape index (κ2) is 10.5. The van der Waals surface area contributed by atoms with Gasteiger partial charge in [0.2, 0.25) is 0 Å². The van der Waals surface area contributed by atoms with Crippen LogP contribution in [-0.4, -0.2) is 54.7 Å². The van der Waals surface area contributed by atoms with Crippen molar-refractivity contribution in [1.29, 1.82) is 0 Å². The Morgan fingerprint density at radius 2 is 1.93 bits per heavy atom. The number of carbonyl (C=O) groups is 1. The molecule has 0 bridgehead atoms. The number of rotatable bonds is 9. The minimum absolute atomic E-state index is 0.0107. The molecule has 2 fully saturated rings. The zero-order valence-electron chi connectivity index (χ0n) is 19.4. The van der Waals surface area contributed by atoms with Gasteiger partial charge in [-0.1, -0.05) is 46.1 Å². The van der Waals surface area contributed by atoms with Gasteiger partial charge in [0.1, 0.15) is 0 Å². The van der Waals surface area contributed by atoms with Crippen LogP contribution in [0.5, 0.6) is 0 Å². The molecule has 0 spiro atoms. The Hall–Kier alpha value is -1.75. The molecule has 0 amide bonds. The van der Waals surface area contributed by atoms with Gasteiger partial charge in [0, 0.05) is 25.2 Å². The second-order valence-electron chi connectivity index (χ2n) is 10.0. The van der Waals surface area contributed by atoms with E-state index in [1.54, 1.807) is 0 Å². The Labute approximate surface area is 182 Å². The van der Waals surface area contributed by atoms with Crippen molar-refractivity contribution >= 4 is 17.3 Å². The van der Waals surface area contributed by atoms with Crippen molar-refractivity contribution in [3.63, 3.8) is 0 Å². The zero-order valence-corrected chi connectivity index (χ0v) is 19.4. The molecule has 1 aromatic carbocycles. The summed E-state index contributed by atoms with van der Waals surface area (Å²) >= 11 is 0. The Bertz CT molecular complexity index is 700. The normalized spacial score (nSPS) is 21.7. The number of aliphatic carboxylic acids is 1. The van der Waals surface area contributed by atoms with E-state index < -0.39 is 5.97 Å². The summed E-state index contributed by atoms with van der Waals surface area (Å²) in [6.45, 7) is 9.87. The first-order valence-electron chi connectivity index (χ1n) is 11.9. The van der Waals surface area contributed by atoms with Crippen molar-refractivity contribution in [2.75, 3.05) is 36.9 Å². The first-order valence-corrected chi connectivity index (χ1v) is 11.9. The smallest absolute Gasteiger partial charge is 0.303 e. The fraction of sp³-hybridized carbons (Fsp3) is 0.720. The lowest BCUT2D eigenvalue weighted by molar-refractivity contribution is -0.137. The highest BCUT2D eigenvalue weighted by molar-refractivity contribution is 5.73. The number of nitrogens with zero attached hydrogens (tertiary/aromatic N) is 2. The number of nitrogens with one attached hydrogen (secondary N) is 1. The van der Waals surface area contributed by atoms with E-state index in [0.29, 0.717) is 18.0 Å². The summed E-state index contributed by atoms with van der Waals surface area (Å²) in [5, 5.41) is 13.1. The predicted octanol–water partition coefficient (Wildman–Crippen LogP) is 5.18. The number of likely N-dealkylation sites (N-methyl/N-ethyl adjacent to an activating group) is 1. The Morgan fingerprint density at radius 3 is 2.53 bits per heavy atom. The maximum atomic E-state index is 11.3. The van der Waals surface area contributed by atoms with Crippen LogP contribution >= 0.6 is 0 Å². The number of hydrogen-bond donors (Lipinski definition) is 2. The number of carboxylic acid groups (broad SMARTS) is 1. The molecule has 2 aliphatic rings. The van der Waals surface area contributed by atoms with Gasteiger partial charge in [-0.25, -0.2) is 0 Å². The summed E-state index contributed by atoms with van der Waals surface area (Å²) in [6.07, 6.45) is 7.87. The van der Waals surface area contributed by atoms with Crippen LogP contribution in [0.3, 0.4) is 0 Å². The van der Waals surface area contributed by atoms with Crippen LogP contribution in [0.4, 0.5) is 11.4 Å². The summed E-state index contributed by atoms with van der Waals surface area (Å²) in [7, 11) is 2.18. The number of hydrogen-bond acceptors (Lipinski definition) is 4. The van der Waals surface area contributed by atoms with Gasteiger partial charge < -0.3 is 20.2 Å². The van der Waals surface area contributed by atoms with Crippen LogP contribution in [0.1, 0.15) is 77.2 Å². The lowest BCUT2D eigenvalue weighted by atomic mass is 9.92. The van der Waals surface area contributed by atoms with E-state index in [1.165, 1.54) is 43.5 Å². The van der Waals surface area contributed by atoms with Gasteiger partial charge in [-0.15, -0.1) is 0 Å². The zero-order chi connectivity index (χ0) is 21.7. The molecule has 2 unspecified atom stereocenters. The SMILES string of the molecule is CC(C)CN(c1ccc(C(C)CC(=O)O)cc1NC1CCN(C)C1)C1CCCCC1. The van der Waals surface area contributed by atoms with Gasteiger partial charge in [-0.3, -0.25) is 4.79 Å². The third-order valence-electron chi connectivity index (χ3n) is 6.71. The quantitative estimate of drug-likeness (QED) is 0.582. The van der Waals surface area contributed by atoms with Crippen LogP contribution in [0.2, 0.25) is 0 Å². The van der Waals surface area contributed by atoms with Crippen molar-refractivity contribution < 1.29 is 9.90 Å². The molecule has 1 aliphatic heterocycles. The molecule has 0 radical (unpaired) electrons. The minimum Gasteiger partial charge on any atom is -0.481 e. The van der Waals surface area contributed by atoms with Crippen LogP contribution in [0, 0.1) is 5.92 Å². The topological polar surface area (TPSA) is 55.8 Å². The average Bonchev–Trinajstić information content (AvgIpc) is 3.11. The van der Waals surface area contributed by atoms with Crippen LogP contribution in [0.25, 0.3) is 0 Å². The molecule has 1 aromatic rings. The first-order chi connectivity index (χ1) is 14.3. The summed E-state index contributed by atoms with van der Waals surface area (Å²) < 4.78 is 0. The van der Waals surface area contributed by atoms with Gasteiger partial charge in [0.05, 0.1) is 17.8 Å². The molecular weight excluding hydrogens is 374 g/mol. The van der Waals surface area contributed by atoms with Crippen molar-refractivity contribution in [3.8, 4) is 0 Å². The molecule has 1 saturated carbocycles. The monoisotopic (exact) mass is 415 g/mol. The summed E-state index contributed by atoms with van der Waals surface area (Å²) in [5.41, 5.74) is 3.61. The molecule has 168 valence electrons. The first kappa shape index (κ1) is 22.9. The molecule has 3 rings (SSSR count). The van der Waals surface area contributed by atoms with E-state index in [2.05, 4.69) is 54.2 Å². The second-order valence-corrected chi connectivity index (χ2v) is 10.0. The molecule has 30 heavy (non-hydrogen) atoms. The fourth-order valence-electron chi connectivity index (χ4n) is 5.11. The molecule has 2 N–H and O–H groups in total. The number of benzene rings is 1. The van der Waals surface area contributed by atoms with Gasteiger partial charge in [-0.2, -0.15) is 0 Å². The number of carboxylic acids is 1. The van der Waals surface area contributed by atoms with E-state index in [4.69, 9.17) is 0 Å². The predicted molar refractivity (Wildman–Crippen MR) is 126 cm³/mol. The van der Waals surface area contributed by atoms with Crippen LogP contribution in [-0.2, 0) is 4.79 Å². The lowest BCUT2D eigenvalue weighted by Gasteiger charge is -2.39. The summed E-state index contributed by atoms with van der Waals surface area (Å²) in [4.78, 5) is 16.3. The summed E-state index contributed by atoms with van der Waals surface area (Å²) in [6, 6.07) is 7.70. The molecule has 1 heterocycles. The third kappa shape index (κ3) is 6.13. The molecule has 1 saturated heterocycles. The average molecular weight is 416 g/mol.